The molecule has 1 aliphatic rings. The second kappa shape index (κ2) is 9.16. The quantitative estimate of drug-likeness (QED) is 0.592. The lowest BCUT2D eigenvalue weighted by Gasteiger charge is -2.22. The van der Waals surface area contributed by atoms with Crippen molar-refractivity contribution in [1.82, 2.24) is 5.32 Å². The van der Waals surface area contributed by atoms with Crippen LogP contribution in [0.15, 0.2) is 72.8 Å². The summed E-state index contributed by atoms with van der Waals surface area (Å²) >= 11 is 0. The van der Waals surface area contributed by atoms with Crippen molar-refractivity contribution in [2.75, 3.05) is 18.6 Å². The molecule has 4 rings (SSSR count). The molecule has 3 aromatic rings. The second-order valence-electron chi connectivity index (χ2n) is 7.94. The van der Waals surface area contributed by atoms with Crippen molar-refractivity contribution in [3.63, 3.8) is 0 Å². The molecule has 3 aromatic carbocycles. The smallest absolute Gasteiger partial charge is 0.407 e. The maximum Gasteiger partial charge on any atom is 0.407 e. The van der Waals surface area contributed by atoms with Gasteiger partial charge in [-0.15, -0.1) is 0 Å². The fourth-order valence-corrected chi connectivity index (χ4v) is 4.14. The standard InChI is InChI=1S/C26H24N2O5/c1-16(24(29)28(2)18-9-7-8-17(14-18)25(30)31)27-26(32)33-15-23-21-12-5-3-10-19(21)20-11-4-6-13-22(20)23/h3-14,16,23H,15H2,1-2H3,(H,27,32)(H,30,31). The largest absolute Gasteiger partial charge is 0.478 e. The third-order valence-electron chi connectivity index (χ3n) is 5.86. The summed E-state index contributed by atoms with van der Waals surface area (Å²) in [4.78, 5) is 37.7. The fraction of sp³-hybridized carbons (Fsp3) is 0.192. The number of rotatable bonds is 6. The molecule has 0 radical (unpaired) electrons. The Labute approximate surface area is 191 Å². The average Bonchev–Trinajstić information content (AvgIpc) is 3.15. The normalized spacial score (nSPS) is 12.9. The molecule has 1 unspecified atom stereocenters. The van der Waals surface area contributed by atoms with E-state index in [4.69, 9.17) is 9.84 Å². The van der Waals surface area contributed by atoms with Gasteiger partial charge in [0.25, 0.3) is 0 Å². The molecule has 0 spiro atoms. The lowest BCUT2D eigenvalue weighted by Crippen LogP contribution is -2.46. The zero-order valence-corrected chi connectivity index (χ0v) is 18.3. The van der Waals surface area contributed by atoms with Crippen LogP contribution in [0.2, 0.25) is 0 Å². The number of aromatic carboxylic acids is 1. The van der Waals surface area contributed by atoms with E-state index in [0.29, 0.717) is 5.69 Å². The fourth-order valence-electron chi connectivity index (χ4n) is 4.14. The summed E-state index contributed by atoms with van der Waals surface area (Å²) in [6.07, 6.45) is -0.689. The monoisotopic (exact) mass is 444 g/mol. The molecule has 0 saturated carbocycles. The Morgan fingerprint density at radius 1 is 0.970 bits per heavy atom. The van der Waals surface area contributed by atoms with Crippen LogP contribution in [-0.4, -0.2) is 42.8 Å². The van der Waals surface area contributed by atoms with Gasteiger partial charge >= 0.3 is 12.1 Å². The summed E-state index contributed by atoms with van der Waals surface area (Å²) in [6, 6.07) is 21.3. The van der Waals surface area contributed by atoms with Crippen molar-refractivity contribution in [2.45, 2.75) is 18.9 Å². The summed E-state index contributed by atoms with van der Waals surface area (Å²) in [6.45, 7) is 1.71. The van der Waals surface area contributed by atoms with Gasteiger partial charge in [0.15, 0.2) is 0 Å². The first-order chi connectivity index (χ1) is 15.9. The van der Waals surface area contributed by atoms with Gasteiger partial charge in [-0.1, -0.05) is 54.6 Å². The zero-order chi connectivity index (χ0) is 23.5. The Morgan fingerprint density at radius 3 is 2.18 bits per heavy atom. The van der Waals surface area contributed by atoms with E-state index < -0.39 is 24.0 Å². The van der Waals surface area contributed by atoms with Gasteiger partial charge in [-0.3, -0.25) is 4.79 Å². The number of ether oxygens (including phenoxy) is 1. The second-order valence-corrected chi connectivity index (χ2v) is 7.94. The molecule has 0 aromatic heterocycles. The average molecular weight is 444 g/mol. The molecule has 0 bridgehead atoms. The Hall–Kier alpha value is -4.13. The molecule has 7 nitrogen and oxygen atoms in total. The number of nitrogens with one attached hydrogen (secondary N) is 1. The van der Waals surface area contributed by atoms with E-state index in [9.17, 15) is 14.4 Å². The summed E-state index contributed by atoms with van der Waals surface area (Å²) < 4.78 is 5.50. The summed E-state index contributed by atoms with van der Waals surface area (Å²) in [5.74, 6) is -1.55. The molecule has 2 amide bonds. The SMILES string of the molecule is CC(NC(=O)OCC1c2ccccc2-c2ccccc21)C(=O)N(C)c1cccc(C(=O)O)c1. The molecule has 0 fully saturated rings. The highest BCUT2D eigenvalue weighted by atomic mass is 16.5. The van der Waals surface area contributed by atoms with Crippen LogP contribution < -0.4 is 10.2 Å². The van der Waals surface area contributed by atoms with E-state index >= 15 is 0 Å². The number of amides is 2. The maximum atomic E-state index is 12.8. The van der Waals surface area contributed by atoms with Crippen LogP contribution in [0.25, 0.3) is 11.1 Å². The van der Waals surface area contributed by atoms with Gasteiger partial charge in [-0.2, -0.15) is 0 Å². The van der Waals surface area contributed by atoms with Gasteiger partial charge < -0.3 is 20.1 Å². The minimum Gasteiger partial charge on any atom is -0.478 e. The highest BCUT2D eigenvalue weighted by Crippen LogP contribution is 2.44. The van der Waals surface area contributed by atoms with Crippen LogP contribution in [0.4, 0.5) is 10.5 Å². The predicted molar refractivity (Wildman–Crippen MR) is 124 cm³/mol. The van der Waals surface area contributed by atoms with Gasteiger partial charge in [0, 0.05) is 18.7 Å². The van der Waals surface area contributed by atoms with Gasteiger partial charge in [0.05, 0.1) is 5.56 Å². The zero-order valence-electron chi connectivity index (χ0n) is 18.3. The third kappa shape index (κ3) is 4.43. The number of benzene rings is 3. The van der Waals surface area contributed by atoms with Crippen LogP contribution in [0.5, 0.6) is 0 Å². The summed E-state index contributed by atoms with van der Waals surface area (Å²) in [5.41, 5.74) is 4.97. The van der Waals surface area contributed by atoms with Gasteiger partial charge in [-0.05, 0) is 47.4 Å². The van der Waals surface area contributed by atoms with Gasteiger partial charge in [-0.25, -0.2) is 9.59 Å². The lowest BCUT2D eigenvalue weighted by atomic mass is 9.98. The van der Waals surface area contributed by atoms with Crippen LogP contribution in [0.3, 0.4) is 0 Å². The Morgan fingerprint density at radius 2 is 1.58 bits per heavy atom. The first kappa shape index (κ1) is 22.1. The van der Waals surface area contributed by atoms with Gasteiger partial charge in [0.1, 0.15) is 12.6 Å². The lowest BCUT2D eigenvalue weighted by molar-refractivity contribution is -0.119. The number of carbonyl (C=O) groups is 3. The first-order valence-corrected chi connectivity index (χ1v) is 10.6. The van der Waals surface area contributed by atoms with Crippen molar-refractivity contribution >= 4 is 23.7 Å². The first-order valence-electron chi connectivity index (χ1n) is 10.6. The molecular weight excluding hydrogens is 420 g/mol. The number of carboxylic acid groups (broad SMARTS) is 1. The molecule has 168 valence electrons. The minimum absolute atomic E-state index is 0.0734. The molecule has 1 atom stereocenters. The Balaban J connectivity index is 1.39. The molecule has 0 aliphatic heterocycles. The maximum absolute atomic E-state index is 12.8. The molecule has 2 N–H and O–H groups in total. The number of hydrogen-bond acceptors (Lipinski definition) is 4. The molecular formula is C26H24N2O5. The van der Waals surface area contributed by atoms with E-state index in [1.54, 1.807) is 19.1 Å². The number of fused-ring (bicyclic) bond motifs is 3. The number of carbonyl (C=O) groups excluding carboxylic acids is 2. The van der Waals surface area contributed by atoms with E-state index in [-0.39, 0.29) is 18.1 Å². The van der Waals surface area contributed by atoms with Crippen molar-refractivity contribution in [3.05, 3.63) is 89.5 Å². The van der Waals surface area contributed by atoms with E-state index in [2.05, 4.69) is 17.4 Å². The third-order valence-corrected chi connectivity index (χ3v) is 5.86. The number of nitrogens with zero attached hydrogens (tertiary/aromatic N) is 1. The molecule has 33 heavy (non-hydrogen) atoms. The number of likely N-dealkylation sites (N-methyl/N-ethyl adjacent to an activating group) is 1. The van der Waals surface area contributed by atoms with Crippen LogP contribution in [0.1, 0.15) is 34.3 Å². The van der Waals surface area contributed by atoms with Crippen LogP contribution in [0, 0.1) is 0 Å². The number of alkyl carbamates (subject to hydrolysis) is 1. The number of carboxylic acids is 1. The number of anilines is 1. The van der Waals surface area contributed by atoms with Crippen LogP contribution in [-0.2, 0) is 9.53 Å². The van der Waals surface area contributed by atoms with Gasteiger partial charge in [0.2, 0.25) is 5.91 Å². The van der Waals surface area contributed by atoms with Crippen molar-refractivity contribution < 1.29 is 24.2 Å². The summed E-state index contributed by atoms with van der Waals surface area (Å²) in [5, 5.41) is 11.7. The van der Waals surface area contributed by atoms with Crippen LogP contribution >= 0.6 is 0 Å². The van der Waals surface area contributed by atoms with E-state index in [1.807, 2.05) is 36.4 Å². The van der Waals surface area contributed by atoms with E-state index in [0.717, 1.165) is 22.3 Å². The topological polar surface area (TPSA) is 95.9 Å². The highest BCUT2D eigenvalue weighted by molar-refractivity contribution is 5.99. The number of hydrogen-bond donors (Lipinski definition) is 2. The Kier molecular flexibility index (Phi) is 6.13. The van der Waals surface area contributed by atoms with Crippen molar-refractivity contribution in [1.29, 1.82) is 0 Å². The predicted octanol–water partition coefficient (Wildman–Crippen LogP) is 4.27. The molecule has 0 heterocycles. The molecule has 0 saturated heterocycles. The highest BCUT2D eigenvalue weighted by Gasteiger charge is 2.29. The summed E-state index contributed by atoms with van der Waals surface area (Å²) in [7, 11) is 1.53. The van der Waals surface area contributed by atoms with Crippen molar-refractivity contribution in [2.24, 2.45) is 0 Å². The minimum atomic E-state index is -1.08. The Bertz CT molecular complexity index is 1180. The van der Waals surface area contributed by atoms with Crippen molar-refractivity contribution in [3.8, 4) is 11.1 Å². The molecule has 7 heteroatoms. The van der Waals surface area contributed by atoms with E-state index in [1.165, 1.54) is 24.1 Å². The molecule has 1 aliphatic carbocycles.